The van der Waals surface area contributed by atoms with Crippen LogP contribution in [0.2, 0.25) is 0 Å². The number of hydrogen-bond donors (Lipinski definition) is 0. The molecule has 1 heteroatoms. The Kier molecular flexibility index (Phi) is 8.23. The van der Waals surface area contributed by atoms with Crippen LogP contribution in [0.5, 0.6) is 0 Å². The Morgan fingerprint density at radius 2 is 0.893 bits per heavy atom. The lowest BCUT2D eigenvalue weighted by molar-refractivity contribution is 0.660. The van der Waals surface area contributed by atoms with Gasteiger partial charge >= 0.3 is 0 Å². The zero-order chi connectivity index (χ0) is 37.6. The third kappa shape index (κ3) is 5.63. The van der Waals surface area contributed by atoms with Gasteiger partial charge in [-0.3, -0.25) is 0 Å². The van der Waals surface area contributed by atoms with Crippen molar-refractivity contribution < 1.29 is 0 Å². The Balaban J connectivity index is 1.19. The lowest BCUT2D eigenvalue weighted by atomic mass is 9.81. The molecular formula is C55H41N. The molecule has 0 bridgehead atoms. The average Bonchev–Trinajstić information content (AvgIpc) is 3.50. The quantitative estimate of drug-likeness (QED) is 0.159. The highest BCUT2D eigenvalue weighted by atomic mass is 15.1. The van der Waals surface area contributed by atoms with Crippen LogP contribution >= 0.6 is 0 Å². The largest absolute Gasteiger partial charge is 0.310 e. The Bertz CT molecular complexity index is 2870. The van der Waals surface area contributed by atoms with Crippen molar-refractivity contribution in [1.82, 2.24) is 0 Å². The van der Waals surface area contributed by atoms with Crippen LogP contribution in [-0.2, 0) is 5.41 Å². The Morgan fingerprint density at radius 3 is 1.66 bits per heavy atom. The molecule has 0 amide bonds. The van der Waals surface area contributed by atoms with Crippen LogP contribution in [0.3, 0.4) is 0 Å². The molecule has 0 saturated carbocycles. The second-order valence-corrected chi connectivity index (χ2v) is 15.3. The summed E-state index contributed by atoms with van der Waals surface area (Å²) >= 11 is 0. The van der Waals surface area contributed by atoms with Gasteiger partial charge in [0.15, 0.2) is 0 Å². The highest BCUT2D eigenvalue weighted by Gasteiger charge is 2.37. The van der Waals surface area contributed by atoms with Crippen molar-refractivity contribution in [3.8, 4) is 55.6 Å². The fraction of sp³-hybridized carbons (Fsp3) is 0.0545. The Labute approximate surface area is 329 Å². The normalized spacial score (nSPS) is 12.6. The molecule has 0 N–H and O–H groups in total. The number of rotatable bonds is 7. The highest BCUT2D eigenvalue weighted by Crippen LogP contribution is 2.54. The summed E-state index contributed by atoms with van der Waals surface area (Å²) in [6, 6.07) is 77.6. The lowest BCUT2D eigenvalue weighted by Gasteiger charge is -2.30. The monoisotopic (exact) mass is 715 g/mol. The molecule has 0 saturated heterocycles. The zero-order valence-corrected chi connectivity index (χ0v) is 31.7. The van der Waals surface area contributed by atoms with E-state index in [9.17, 15) is 0 Å². The summed E-state index contributed by atoms with van der Waals surface area (Å²) in [5.74, 6) is 0. The van der Waals surface area contributed by atoms with Crippen LogP contribution in [-0.4, -0.2) is 0 Å². The number of hydrogen-bond acceptors (Lipinski definition) is 1. The summed E-state index contributed by atoms with van der Waals surface area (Å²) in [5.41, 5.74) is 18.3. The van der Waals surface area contributed by atoms with E-state index in [-0.39, 0.29) is 5.41 Å². The van der Waals surface area contributed by atoms with Gasteiger partial charge in [-0.1, -0.05) is 196 Å². The van der Waals surface area contributed by atoms with E-state index in [1.807, 2.05) is 0 Å². The Morgan fingerprint density at radius 1 is 0.339 bits per heavy atom. The van der Waals surface area contributed by atoms with E-state index < -0.39 is 0 Å². The van der Waals surface area contributed by atoms with Crippen LogP contribution in [0.15, 0.2) is 212 Å². The third-order valence-corrected chi connectivity index (χ3v) is 11.7. The molecule has 1 aliphatic rings. The van der Waals surface area contributed by atoms with Gasteiger partial charge in [0, 0.05) is 22.4 Å². The van der Waals surface area contributed by atoms with Crippen molar-refractivity contribution in [3.05, 3.63) is 223 Å². The minimum absolute atomic E-state index is 0.187. The number of fused-ring (bicyclic) bond motifs is 4. The fourth-order valence-electron chi connectivity index (χ4n) is 8.97. The molecule has 0 aromatic heterocycles. The summed E-state index contributed by atoms with van der Waals surface area (Å²) in [6.45, 7) is 4.76. The molecule has 266 valence electrons. The maximum atomic E-state index is 2.46. The predicted octanol–water partition coefficient (Wildman–Crippen LogP) is 15.3. The molecule has 0 aliphatic heterocycles. The van der Waals surface area contributed by atoms with Gasteiger partial charge < -0.3 is 4.90 Å². The topological polar surface area (TPSA) is 3.24 Å². The molecule has 1 aliphatic carbocycles. The standard InChI is InChI=1S/C55H41N/c1-55(2)50-30-17-29-47(39-20-8-4-9-21-39)54(50)49-35-33-44(37-51(49)55)56(52-31-15-14-27-45(52)38-18-6-3-7-19-38)43-26-16-25-42(36-43)48-34-32-40-22-12-13-28-46(40)53(48)41-23-10-5-11-24-41/h3-37H,1-2H3. The van der Waals surface area contributed by atoms with Crippen LogP contribution in [0.25, 0.3) is 66.4 Å². The maximum Gasteiger partial charge on any atom is 0.0540 e. The molecule has 0 radical (unpaired) electrons. The molecule has 9 aromatic rings. The molecule has 9 aromatic carbocycles. The average molecular weight is 716 g/mol. The maximum absolute atomic E-state index is 2.46. The first-order valence-electron chi connectivity index (χ1n) is 19.5. The van der Waals surface area contributed by atoms with Crippen molar-refractivity contribution in [2.45, 2.75) is 19.3 Å². The summed E-state index contributed by atoms with van der Waals surface area (Å²) < 4.78 is 0. The summed E-state index contributed by atoms with van der Waals surface area (Å²) in [6.07, 6.45) is 0. The van der Waals surface area contributed by atoms with E-state index >= 15 is 0 Å². The van der Waals surface area contributed by atoms with Crippen LogP contribution in [0.1, 0.15) is 25.0 Å². The van der Waals surface area contributed by atoms with E-state index in [2.05, 4.69) is 231 Å². The van der Waals surface area contributed by atoms with Gasteiger partial charge in [-0.15, -0.1) is 0 Å². The molecule has 0 atom stereocenters. The first-order chi connectivity index (χ1) is 27.6. The molecular weight excluding hydrogens is 675 g/mol. The van der Waals surface area contributed by atoms with Crippen LogP contribution in [0, 0.1) is 0 Å². The fourth-order valence-corrected chi connectivity index (χ4v) is 8.97. The van der Waals surface area contributed by atoms with Gasteiger partial charge in [-0.25, -0.2) is 0 Å². The lowest BCUT2D eigenvalue weighted by Crippen LogP contribution is -2.17. The molecule has 1 nitrogen and oxygen atoms in total. The van der Waals surface area contributed by atoms with Gasteiger partial charge in [-0.05, 0) is 102 Å². The third-order valence-electron chi connectivity index (χ3n) is 11.7. The summed E-state index contributed by atoms with van der Waals surface area (Å²) in [5, 5.41) is 2.49. The van der Waals surface area contributed by atoms with Crippen molar-refractivity contribution >= 4 is 27.8 Å². The first-order valence-corrected chi connectivity index (χ1v) is 19.5. The smallest absolute Gasteiger partial charge is 0.0540 e. The number of benzene rings is 9. The predicted molar refractivity (Wildman–Crippen MR) is 238 cm³/mol. The second-order valence-electron chi connectivity index (χ2n) is 15.3. The highest BCUT2D eigenvalue weighted by molar-refractivity contribution is 6.05. The van der Waals surface area contributed by atoms with Gasteiger partial charge in [0.05, 0.1) is 5.69 Å². The number of nitrogens with zero attached hydrogens (tertiary/aromatic N) is 1. The molecule has 10 rings (SSSR count). The van der Waals surface area contributed by atoms with E-state index in [0.29, 0.717) is 0 Å². The minimum Gasteiger partial charge on any atom is -0.310 e. The number of anilines is 3. The summed E-state index contributed by atoms with van der Waals surface area (Å²) in [7, 11) is 0. The molecule has 0 heterocycles. The SMILES string of the molecule is CC1(C)c2cc(N(c3cccc(-c4ccc5ccccc5c4-c4ccccc4)c3)c3ccccc3-c3ccccc3)ccc2-c2c(-c3ccccc3)cccc21. The van der Waals surface area contributed by atoms with Crippen molar-refractivity contribution in [1.29, 1.82) is 0 Å². The molecule has 0 unspecified atom stereocenters. The van der Waals surface area contributed by atoms with Crippen molar-refractivity contribution in [3.63, 3.8) is 0 Å². The van der Waals surface area contributed by atoms with Crippen molar-refractivity contribution in [2.75, 3.05) is 4.90 Å². The molecule has 0 spiro atoms. The van der Waals surface area contributed by atoms with Crippen LogP contribution < -0.4 is 4.90 Å². The van der Waals surface area contributed by atoms with E-state index in [0.717, 1.165) is 17.1 Å². The van der Waals surface area contributed by atoms with Gasteiger partial charge in [-0.2, -0.15) is 0 Å². The summed E-state index contributed by atoms with van der Waals surface area (Å²) in [4.78, 5) is 2.46. The van der Waals surface area contributed by atoms with E-state index in [1.54, 1.807) is 0 Å². The molecule has 56 heavy (non-hydrogen) atoms. The van der Waals surface area contributed by atoms with Crippen LogP contribution in [0.4, 0.5) is 17.1 Å². The van der Waals surface area contributed by atoms with E-state index in [4.69, 9.17) is 0 Å². The van der Waals surface area contributed by atoms with Gasteiger partial charge in [0.2, 0.25) is 0 Å². The minimum atomic E-state index is -0.187. The van der Waals surface area contributed by atoms with Gasteiger partial charge in [0.25, 0.3) is 0 Å². The van der Waals surface area contributed by atoms with Gasteiger partial charge in [0.1, 0.15) is 0 Å². The van der Waals surface area contributed by atoms with Crippen molar-refractivity contribution in [2.24, 2.45) is 0 Å². The van der Waals surface area contributed by atoms with E-state index in [1.165, 1.54) is 77.5 Å². The Hall–Kier alpha value is -6.96. The second kappa shape index (κ2) is 13.7. The number of para-hydroxylation sites is 1. The zero-order valence-electron chi connectivity index (χ0n) is 31.7. The first kappa shape index (κ1) is 33.6. The molecule has 0 fully saturated rings.